The smallest absolute Gasteiger partial charge is 0.138 e. The van der Waals surface area contributed by atoms with Gasteiger partial charge in [0, 0.05) is 0 Å². The normalized spacial score (nSPS) is 10.7. The van der Waals surface area contributed by atoms with Gasteiger partial charge in [0.2, 0.25) is 0 Å². The van der Waals surface area contributed by atoms with E-state index in [1.54, 1.807) is 24.3 Å². The van der Waals surface area contributed by atoms with Crippen LogP contribution in [0.25, 0.3) is 33.4 Å². The summed E-state index contributed by atoms with van der Waals surface area (Å²) in [5, 5.41) is 19.5. The van der Waals surface area contributed by atoms with Crippen LogP contribution in [0, 0.1) is 0 Å². The summed E-state index contributed by atoms with van der Waals surface area (Å²) in [6, 6.07) is 26.6. The number of hydrogen-bond donors (Lipinski definition) is 4. The lowest BCUT2D eigenvalue weighted by Crippen LogP contribution is -1.92. The van der Waals surface area contributed by atoms with Gasteiger partial charge in [0.25, 0.3) is 0 Å². The molecular weight excluding hydrogens is 348 g/mol. The molecule has 4 aromatic carbocycles. The van der Waals surface area contributed by atoms with Gasteiger partial charge < -0.3 is 21.7 Å². The molecule has 0 unspecified atom stereocenters. The minimum atomic E-state index is 0.0706. The number of rotatable bonds is 3. The molecule has 0 bridgehead atoms. The minimum Gasteiger partial charge on any atom is -0.506 e. The third-order valence-electron chi connectivity index (χ3n) is 4.82. The van der Waals surface area contributed by atoms with Crippen molar-refractivity contribution in [1.82, 2.24) is 0 Å². The quantitative estimate of drug-likeness (QED) is 0.293. The highest BCUT2D eigenvalue weighted by Crippen LogP contribution is 2.40. The first-order chi connectivity index (χ1) is 13.5. The number of phenolic OH excluding ortho intramolecular Hbond substituents is 2. The van der Waals surface area contributed by atoms with Crippen molar-refractivity contribution >= 4 is 11.4 Å². The van der Waals surface area contributed by atoms with Crippen LogP contribution in [0.2, 0.25) is 0 Å². The Kier molecular flexibility index (Phi) is 4.38. The number of aromatic hydroxyl groups is 2. The predicted molar refractivity (Wildman–Crippen MR) is 115 cm³/mol. The van der Waals surface area contributed by atoms with Crippen molar-refractivity contribution in [2.75, 3.05) is 11.5 Å². The fourth-order valence-electron chi connectivity index (χ4n) is 3.38. The number of benzene rings is 4. The van der Waals surface area contributed by atoms with Gasteiger partial charge in [-0.05, 0) is 57.6 Å². The van der Waals surface area contributed by atoms with Gasteiger partial charge in [-0.2, -0.15) is 0 Å². The zero-order chi connectivity index (χ0) is 19.7. The molecule has 0 heterocycles. The Hall–Kier alpha value is -3.92. The molecule has 138 valence electrons. The van der Waals surface area contributed by atoms with Crippen molar-refractivity contribution in [3.8, 4) is 44.9 Å². The molecule has 0 aliphatic heterocycles. The summed E-state index contributed by atoms with van der Waals surface area (Å²) in [6.45, 7) is 0. The monoisotopic (exact) mass is 368 g/mol. The van der Waals surface area contributed by atoms with Gasteiger partial charge in [0.15, 0.2) is 0 Å². The summed E-state index contributed by atoms with van der Waals surface area (Å²) in [6.07, 6.45) is 0. The third kappa shape index (κ3) is 3.12. The van der Waals surface area contributed by atoms with Gasteiger partial charge in [0.05, 0.1) is 11.4 Å². The Morgan fingerprint density at radius 1 is 0.464 bits per heavy atom. The van der Waals surface area contributed by atoms with Crippen LogP contribution in [-0.2, 0) is 0 Å². The van der Waals surface area contributed by atoms with E-state index in [0.29, 0.717) is 11.4 Å². The highest BCUT2D eigenvalue weighted by atomic mass is 16.3. The van der Waals surface area contributed by atoms with Crippen molar-refractivity contribution in [2.45, 2.75) is 0 Å². The van der Waals surface area contributed by atoms with Gasteiger partial charge in [-0.15, -0.1) is 0 Å². The predicted octanol–water partition coefficient (Wildman–Crippen LogP) is 5.26. The molecule has 0 spiro atoms. The average molecular weight is 368 g/mol. The summed E-state index contributed by atoms with van der Waals surface area (Å²) in [4.78, 5) is 0. The average Bonchev–Trinajstić information content (AvgIpc) is 2.72. The maximum absolute atomic E-state index is 9.76. The summed E-state index contributed by atoms with van der Waals surface area (Å²) in [5.74, 6) is 0.141. The second-order valence-electron chi connectivity index (χ2n) is 6.64. The molecule has 4 heteroatoms. The highest BCUT2D eigenvalue weighted by molar-refractivity contribution is 5.92. The zero-order valence-corrected chi connectivity index (χ0v) is 15.1. The van der Waals surface area contributed by atoms with Crippen molar-refractivity contribution in [3.05, 3.63) is 84.9 Å². The topological polar surface area (TPSA) is 92.5 Å². The Morgan fingerprint density at radius 2 is 0.821 bits per heavy atom. The molecule has 6 N–H and O–H groups in total. The number of nitrogens with two attached hydrogens (primary N) is 2. The molecule has 28 heavy (non-hydrogen) atoms. The van der Waals surface area contributed by atoms with Crippen LogP contribution in [0.3, 0.4) is 0 Å². The van der Waals surface area contributed by atoms with Crippen LogP contribution in [0.1, 0.15) is 0 Å². The lowest BCUT2D eigenvalue weighted by molar-refractivity contribution is 0.477. The third-order valence-corrected chi connectivity index (χ3v) is 4.82. The Labute approximate surface area is 163 Å². The van der Waals surface area contributed by atoms with Crippen LogP contribution in [0.5, 0.6) is 11.5 Å². The number of hydrogen-bond acceptors (Lipinski definition) is 4. The van der Waals surface area contributed by atoms with Gasteiger partial charge in [-0.3, -0.25) is 0 Å². The van der Waals surface area contributed by atoms with E-state index < -0.39 is 0 Å². The zero-order valence-electron chi connectivity index (χ0n) is 15.1. The van der Waals surface area contributed by atoms with E-state index in [4.69, 9.17) is 11.5 Å². The van der Waals surface area contributed by atoms with Gasteiger partial charge in [0.1, 0.15) is 11.5 Å². The largest absolute Gasteiger partial charge is 0.506 e. The molecule has 0 atom stereocenters. The molecular formula is C24H20N2O2. The van der Waals surface area contributed by atoms with Crippen molar-refractivity contribution in [2.24, 2.45) is 0 Å². The summed E-state index contributed by atoms with van der Waals surface area (Å²) in [7, 11) is 0. The van der Waals surface area contributed by atoms with E-state index in [0.717, 1.165) is 33.4 Å². The SMILES string of the molecule is Nc1cc(-c2ccccc2-c2ccccc2-c2ccc(O)c(N)c2)ccc1O. The maximum atomic E-state index is 9.76. The Bertz CT molecular complexity index is 1080. The molecule has 4 aromatic rings. The summed E-state index contributed by atoms with van der Waals surface area (Å²) < 4.78 is 0. The van der Waals surface area contributed by atoms with Crippen LogP contribution >= 0.6 is 0 Å². The molecule has 0 radical (unpaired) electrons. The lowest BCUT2D eigenvalue weighted by Gasteiger charge is -2.15. The molecule has 0 aromatic heterocycles. The second-order valence-corrected chi connectivity index (χ2v) is 6.64. The molecule has 0 fully saturated rings. The first-order valence-electron chi connectivity index (χ1n) is 8.91. The number of anilines is 2. The lowest BCUT2D eigenvalue weighted by atomic mass is 9.89. The Morgan fingerprint density at radius 3 is 1.18 bits per heavy atom. The van der Waals surface area contributed by atoms with Gasteiger partial charge in [-0.1, -0.05) is 60.7 Å². The molecule has 0 saturated carbocycles. The standard InChI is InChI=1S/C24H20N2O2/c25-21-13-15(9-11-23(21)27)17-5-1-3-7-19(17)20-8-4-2-6-18(20)16-10-12-24(28)22(26)14-16/h1-14,27-28H,25-26H2. The molecule has 0 aliphatic carbocycles. The second kappa shape index (κ2) is 7.00. The van der Waals surface area contributed by atoms with Crippen molar-refractivity contribution in [3.63, 3.8) is 0 Å². The summed E-state index contributed by atoms with van der Waals surface area (Å²) in [5.41, 5.74) is 18.4. The van der Waals surface area contributed by atoms with E-state index in [2.05, 4.69) is 12.1 Å². The number of nitrogen functional groups attached to an aromatic ring is 2. The van der Waals surface area contributed by atoms with E-state index in [-0.39, 0.29) is 11.5 Å². The minimum absolute atomic E-state index is 0.0706. The van der Waals surface area contributed by atoms with Crippen LogP contribution in [0.4, 0.5) is 11.4 Å². The van der Waals surface area contributed by atoms with E-state index in [1.807, 2.05) is 48.5 Å². The maximum Gasteiger partial charge on any atom is 0.138 e. The molecule has 0 amide bonds. The van der Waals surface area contributed by atoms with E-state index in [1.165, 1.54) is 0 Å². The van der Waals surface area contributed by atoms with Gasteiger partial charge >= 0.3 is 0 Å². The molecule has 4 nitrogen and oxygen atoms in total. The van der Waals surface area contributed by atoms with E-state index in [9.17, 15) is 10.2 Å². The summed E-state index contributed by atoms with van der Waals surface area (Å²) >= 11 is 0. The highest BCUT2D eigenvalue weighted by Gasteiger charge is 2.13. The van der Waals surface area contributed by atoms with Crippen molar-refractivity contribution in [1.29, 1.82) is 0 Å². The number of phenols is 2. The first-order valence-corrected chi connectivity index (χ1v) is 8.91. The first kappa shape index (κ1) is 17.5. The van der Waals surface area contributed by atoms with E-state index >= 15 is 0 Å². The Balaban J connectivity index is 1.92. The van der Waals surface area contributed by atoms with Crippen LogP contribution in [-0.4, -0.2) is 10.2 Å². The fourth-order valence-corrected chi connectivity index (χ4v) is 3.38. The molecule has 4 rings (SSSR count). The van der Waals surface area contributed by atoms with Crippen LogP contribution < -0.4 is 11.5 Å². The van der Waals surface area contributed by atoms with Gasteiger partial charge in [-0.25, -0.2) is 0 Å². The molecule has 0 saturated heterocycles. The van der Waals surface area contributed by atoms with Crippen LogP contribution in [0.15, 0.2) is 84.9 Å². The molecule has 0 aliphatic rings. The fraction of sp³-hybridized carbons (Fsp3) is 0. The van der Waals surface area contributed by atoms with Crippen molar-refractivity contribution < 1.29 is 10.2 Å².